The highest BCUT2D eigenvalue weighted by molar-refractivity contribution is 6.32. The van der Waals surface area contributed by atoms with Crippen LogP contribution in [-0.4, -0.2) is 33.0 Å². The second kappa shape index (κ2) is 7.83. The SMILES string of the molecule is CCC(CC)n1cnc2nc(-c3cc(OC(F)(F)F)ccc3OC)c(Cl)nc21. The van der Waals surface area contributed by atoms with Crippen LogP contribution in [0.15, 0.2) is 24.5 Å². The van der Waals surface area contributed by atoms with Gasteiger partial charge in [0.15, 0.2) is 16.4 Å². The third-order valence-corrected chi connectivity index (χ3v) is 4.63. The molecule has 28 heavy (non-hydrogen) atoms. The Kier molecular flexibility index (Phi) is 5.64. The quantitative estimate of drug-likeness (QED) is 0.539. The Bertz CT molecular complexity index is 987. The van der Waals surface area contributed by atoms with Gasteiger partial charge in [0.05, 0.1) is 13.4 Å². The van der Waals surface area contributed by atoms with Crippen molar-refractivity contribution in [3.05, 3.63) is 29.7 Å². The summed E-state index contributed by atoms with van der Waals surface area (Å²) in [6.45, 7) is 4.11. The molecule has 0 aliphatic carbocycles. The van der Waals surface area contributed by atoms with Crippen LogP contribution in [0.25, 0.3) is 22.6 Å². The Morgan fingerprint density at radius 1 is 1.18 bits per heavy atom. The van der Waals surface area contributed by atoms with Crippen LogP contribution in [0.4, 0.5) is 13.2 Å². The van der Waals surface area contributed by atoms with Crippen LogP contribution < -0.4 is 9.47 Å². The van der Waals surface area contributed by atoms with Crippen LogP contribution in [0, 0.1) is 0 Å². The molecule has 1 aromatic carbocycles. The summed E-state index contributed by atoms with van der Waals surface area (Å²) in [5.41, 5.74) is 1.24. The van der Waals surface area contributed by atoms with Crippen molar-refractivity contribution in [2.24, 2.45) is 0 Å². The Labute approximate surface area is 164 Å². The normalized spacial score (nSPS) is 12.0. The summed E-state index contributed by atoms with van der Waals surface area (Å²) in [5, 5.41) is 0.0302. The Morgan fingerprint density at radius 3 is 2.50 bits per heavy atom. The molecule has 2 heterocycles. The van der Waals surface area contributed by atoms with Gasteiger partial charge in [-0.05, 0) is 31.0 Å². The van der Waals surface area contributed by atoms with Gasteiger partial charge >= 0.3 is 6.36 Å². The van der Waals surface area contributed by atoms with Crippen molar-refractivity contribution in [1.29, 1.82) is 0 Å². The van der Waals surface area contributed by atoms with Crippen molar-refractivity contribution >= 4 is 22.9 Å². The zero-order valence-electron chi connectivity index (χ0n) is 15.4. The fourth-order valence-electron chi connectivity index (χ4n) is 3.02. The van der Waals surface area contributed by atoms with Crippen LogP contribution in [0.3, 0.4) is 0 Å². The largest absolute Gasteiger partial charge is 0.573 e. The molecule has 0 aliphatic rings. The number of fused-ring (bicyclic) bond motifs is 1. The lowest BCUT2D eigenvalue weighted by Gasteiger charge is -2.15. The van der Waals surface area contributed by atoms with Gasteiger partial charge < -0.3 is 14.0 Å². The van der Waals surface area contributed by atoms with Gasteiger partial charge in [-0.15, -0.1) is 13.2 Å². The van der Waals surface area contributed by atoms with E-state index in [-0.39, 0.29) is 28.2 Å². The minimum absolute atomic E-state index is 0.0302. The summed E-state index contributed by atoms with van der Waals surface area (Å²) >= 11 is 6.34. The molecule has 0 aliphatic heterocycles. The van der Waals surface area contributed by atoms with E-state index in [0.29, 0.717) is 11.3 Å². The van der Waals surface area contributed by atoms with Gasteiger partial charge in [0.1, 0.15) is 17.2 Å². The summed E-state index contributed by atoms with van der Waals surface area (Å²) < 4.78 is 48.8. The van der Waals surface area contributed by atoms with E-state index in [0.717, 1.165) is 25.0 Å². The zero-order valence-corrected chi connectivity index (χ0v) is 16.2. The molecule has 3 rings (SSSR count). The summed E-state index contributed by atoms with van der Waals surface area (Å²) in [6, 6.07) is 3.85. The standard InChI is InChI=1S/C18H18ClF3N4O2/c1-4-10(5-2)26-9-23-16-17(26)25-15(19)14(24-16)12-8-11(28-18(20,21)22)6-7-13(12)27-3/h6-10H,4-5H2,1-3H3. The first kappa shape index (κ1) is 20.2. The number of rotatable bonds is 6. The summed E-state index contributed by atoms with van der Waals surface area (Å²) in [7, 11) is 1.39. The van der Waals surface area contributed by atoms with E-state index in [2.05, 4.69) is 33.5 Å². The number of alkyl halides is 3. The molecule has 0 fully saturated rings. The molecule has 0 N–H and O–H groups in total. The number of aromatic nitrogens is 4. The van der Waals surface area contributed by atoms with E-state index in [1.807, 2.05) is 4.57 Å². The number of methoxy groups -OCH3 is 1. The Balaban J connectivity index is 2.13. The maximum absolute atomic E-state index is 12.6. The van der Waals surface area contributed by atoms with Gasteiger partial charge in [0, 0.05) is 11.6 Å². The third kappa shape index (κ3) is 3.99. The highest BCUT2D eigenvalue weighted by Crippen LogP contribution is 2.37. The molecule has 3 aromatic rings. The minimum atomic E-state index is -4.82. The first-order chi connectivity index (χ1) is 13.3. The van der Waals surface area contributed by atoms with E-state index in [1.54, 1.807) is 6.33 Å². The maximum Gasteiger partial charge on any atom is 0.573 e. The van der Waals surface area contributed by atoms with E-state index in [4.69, 9.17) is 16.3 Å². The average Bonchev–Trinajstić information content (AvgIpc) is 3.03. The average molecular weight is 415 g/mol. The number of ether oxygens (including phenoxy) is 2. The highest BCUT2D eigenvalue weighted by Gasteiger charge is 2.31. The molecular weight excluding hydrogens is 397 g/mol. The minimum Gasteiger partial charge on any atom is -0.496 e. The van der Waals surface area contributed by atoms with Crippen molar-refractivity contribution in [3.8, 4) is 22.8 Å². The lowest BCUT2D eigenvalue weighted by atomic mass is 10.1. The van der Waals surface area contributed by atoms with Gasteiger partial charge in [-0.3, -0.25) is 0 Å². The number of benzene rings is 1. The third-order valence-electron chi connectivity index (χ3n) is 4.36. The molecule has 10 heteroatoms. The van der Waals surface area contributed by atoms with Gasteiger partial charge in [-0.2, -0.15) is 0 Å². The highest BCUT2D eigenvalue weighted by atomic mass is 35.5. The van der Waals surface area contributed by atoms with Crippen LogP contribution in [-0.2, 0) is 0 Å². The molecule has 2 aromatic heterocycles. The molecule has 6 nitrogen and oxygen atoms in total. The molecule has 0 spiro atoms. The van der Waals surface area contributed by atoms with Crippen LogP contribution in [0.1, 0.15) is 32.7 Å². The van der Waals surface area contributed by atoms with Gasteiger partial charge in [0.25, 0.3) is 0 Å². The van der Waals surface area contributed by atoms with E-state index >= 15 is 0 Å². The van der Waals surface area contributed by atoms with Crippen molar-refractivity contribution < 1.29 is 22.6 Å². The van der Waals surface area contributed by atoms with E-state index in [1.165, 1.54) is 13.2 Å². The summed E-state index contributed by atoms with van der Waals surface area (Å²) in [5.74, 6) is -0.131. The van der Waals surface area contributed by atoms with Crippen LogP contribution >= 0.6 is 11.6 Å². The molecule has 0 atom stereocenters. The lowest BCUT2D eigenvalue weighted by Crippen LogP contribution is -2.17. The molecular formula is C18H18ClF3N4O2. The number of nitrogens with zero attached hydrogens (tertiary/aromatic N) is 4. The predicted molar refractivity (Wildman–Crippen MR) is 98.6 cm³/mol. The lowest BCUT2D eigenvalue weighted by molar-refractivity contribution is -0.274. The second-order valence-corrected chi connectivity index (χ2v) is 6.40. The van der Waals surface area contributed by atoms with Crippen molar-refractivity contribution in [3.63, 3.8) is 0 Å². The maximum atomic E-state index is 12.6. The van der Waals surface area contributed by atoms with Crippen molar-refractivity contribution in [1.82, 2.24) is 19.5 Å². The summed E-state index contributed by atoms with van der Waals surface area (Å²) in [4.78, 5) is 13.1. The monoisotopic (exact) mass is 414 g/mol. The first-order valence-electron chi connectivity index (χ1n) is 8.61. The fraction of sp³-hybridized carbons (Fsp3) is 0.389. The smallest absolute Gasteiger partial charge is 0.496 e. The Hall–Kier alpha value is -2.55. The van der Waals surface area contributed by atoms with Gasteiger partial charge in [-0.1, -0.05) is 25.4 Å². The number of imidazole rings is 1. The topological polar surface area (TPSA) is 62.1 Å². The molecule has 0 saturated heterocycles. The molecule has 150 valence electrons. The number of halogens is 4. The van der Waals surface area contributed by atoms with Crippen molar-refractivity contribution in [2.45, 2.75) is 39.1 Å². The molecule has 0 radical (unpaired) electrons. The van der Waals surface area contributed by atoms with E-state index in [9.17, 15) is 13.2 Å². The van der Waals surface area contributed by atoms with Crippen molar-refractivity contribution in [2.75, 3.05) is 7.11 Å². The van der Waals surface area contributed by atoms with Crippen LogP contribution in [0.5, 0.6) is 11.5 Å². The van der Waals surface area contributed by atoms with Crippen LogP contribution in [0.2, 0.25) is 5.15 Å². The molecule has 0 amide bonds. The predicted octanol–water partition coefficient (Wildman–Crippen LogP) is 5.42. The van der Waals surface area contributed by atoms with Gasteiger partial charge in [-0.25, -0.2) is 15.0 Å². The first-order valence-corrected chi connectivity index (χ1v) is 8.99. The van der Waals surface area contributed by atoms with E-state index < -0.39 is 12.1 Å². The number of hydrogen-bond donors (Lipinski definition) is 0. The molecule has 0 saturated carbocycles. The second-order valence-electron chi connectivity index (χ2n) is 6.04. The van der Waals surface area contributed by atoms with Gasteiger partial charge in [0.2, 0.25) is 0 Å². The zero-order chi connectivity index (χ0) is 20.5. The number of hydrogen-bond acceptors (Lipinski definition) is 5. The molecule has 0 bridgehead atoms. The summed E-state index contributed by atoms with van der Waals surface area (Å²) in [6.07, 6.45) is -1.41. The Morgan fingerprint density at radius 2 is 1.89 bits per heavy atom. The fourth-order valence-corrected chi connectivity index (χ4v) is 3.24. The molecule has 0 unspecified atom stereocenters.